The molecule has 0 aromatic heterocycles. The molecule has 0 atom stereocenters. The standard InChI is InChI=1S/C21H26N2O2S/c24-15-16-25-17-9-11-22(12-10-17)13-14-23-18-5-1-3-7-20(18)26-21-8-4-2-6-19(21)23/h1-8,17,24H,9-16H2. The van der Waals surface area contributed by atoms with Gasteiger partial charge in [0.1, 0.15) is 0 Å². The van der Waals surface area contributed by atoms with E-state index >= 15 is 0 Å². The summed E-state index contributed by atoms with van der Waals surface area (Å²) in [5, 5.41) is 8.89. The third-order valence-corrected chi connectivity index (χ3v) is 6.28. The Kier molecular flexibility index (Phi) is 5.80. The minimum atomic E-state index is 0.117. The molecule has 2 aliphatic rings. The molecule has 2 aliphatic heterocycles. The van der Waals surface area contributed by atoms with Gasteiger partial charge in [-0.2, -0.15) is 0 Å². The predicted molar refractivity (Wildman–Crippen MR) is 107 cm³/mol. The summed E-state index contributed by atoms with van der Waals surface area (Å²) >= 11 is 1.86. The van der Waals surface area contributed by atoms with Crippen LogP contribution in [0.2, 0.25) is 0 Å². The van der Waals surface area contributed by atoms with Crippen LogP contribution in [0.1, 0.15) is 12.8 Å². The van der Waals surface area contributed by atoms with Crippen LogP contribution in [-0.2, 0) is 4.74 Å². The first-order chi connectivity index (χ1) is 12.8. The SMILES string of the molecule is OCCOC1CCN(CCN2c3ccccc3Sc3ccccc32)CC1. The zero-order chi connectivity index (χ0) is 17.8. The fraction of sp³-hybridized carbons (Fsp3) is 0.429. The minimum absolute atomic E-state index is 0.117. The third-order valence-electron chi connectivity index (χ3n) is 5.15. The average molecular weight is 371 g/mol. The second-order valence-electron chi connectivity index (χ2n) is 6.82. The molecular formula is C21H26N2O2S. The van der Waals surface area contributed by atoms with Crippen molar-refractivity contribution in [2.45, 2.75) is 28.7 Å². The van der Waals surface area contributed by atoms with Gasteiger partial charge in [-0.1, -0.05) is 36.0 Å². The summed E-state index contributed by atoms with van der Waals surface area (Å²) in [7, 11) is 0. The lowest BCUT2D eigenvalue weighted by Gasteiger charge is -2.36. The van der Waals surface area contributed by atoms with Gasteiger partial charge in [0.2, 0.25) is 0 Å². The second-order valence-corrected chi connectivity index (χ2v) is 7.91. The Labute approximate surface area is 159 Å². The maximum Gasteiger partial charge on any atom is 0.0701 e. The third kappa shape index (κ3) is 3.91. The largest absolute Gasteiger partial charge is 0.394 e. The molecule has 1 fully saturated rings. The molecule has 1 N–H and O–H groups in total. The van der Waals surface area contributed by atoms with Crippen LogP contribution in [0.25, 0.3) is 0 Å². The van der Waals surface area contributed by atoms with Crippen molar-refractivity contribution < 1.29 is 9.84 Å². The lowest BCUT2D eigenvalue weighted by atomic mass is 10.1. The van der Waals surface area contributed by atoms with Crippen molar-refractivity contribution in [3.8, 4) is 0 Å². The molecule has 5 heteroatoms. The number of aliphatic hydroxyl groups excluding tert-OH is 1. The van der Waals surface area contributed by atoms with Gasteiger partial charge in [0.15, 0.2) is 0 Å². The number of nitrogens with zero attached hydrogens (tertiary/aromatic N) is 2. The summed E-state index contributed by atoms with van der Waals surface area (Å²) in [5.74, 6) is 0. The lowest BCUT2D eigenvalue weighted by molar-refractivity contribution is -0.00717. The molecule has 2 aromatic rings. The maximum absolute atomic E-state index is 8.89. The van der Waals surface area contributed by atoms with Gasteiger partial charge in [0.25, 0.3) is 0 Å². The predicted octanol–water partition coefficient (Wildman–Crippen LogP) is 3.76. The molecule has 2 heterocycles. The highest BCUT2D eigenvalue weighted by Gasteiger charge is 2.24. The van der Waals surface area contributed by atoms with E-state index in [1.54, 1.807) is 0 Å². The average Bonchev–Trinajstić information content (AvgIpc) is 2.70. The number of rotatable bonds is 6. The first-order valence-corrected chi connectivity index (χ1v) is 10.2. The number of benzene rings is 2. The Morgan fingerprint density at radius 2 is 1.54 bits per heavy atom. The van der Waals surface area contributed by atoms with Gasteiger partial charge in [-0.05, 0) is 37.1 Å². The van der Waals surface area contributed by atoms with Gasteiger partial charge < -0.3 is 19.6 Å². The first kappa shape index (κ1) is 17.9. The van der Waals surface area contributed by atoms with Gasteiger partial charge in [0.05, 0.1) is 30.7 Å². The molecule has 0 spiro atoms. The molecule has 138 valence electrons. The maximum atomic E-state index is 8.89. The van der Waals surface area contributed by atoms with Gasteiger partial charge in [-0.15, -0.1) is 0 Å². The van der Waals surface area contributed by atoms with Crippen molar-refractivity contribution in [3.63, 3.8) is 0 Å². The van der Waals surface area contributed by atoms with E-state index in [4.69, 9.17) is 9.84 Å². The minimum Gasteiger partial charge on any atom is -0.394 e. The molecular weight excluding hydrogens is 344 g/mol. The fourth-order valence-electron chi connectivity index (χ4n) is 3.78. The van der Waals surface area contributed by atoms with Crippen LogP contribution < -0.4 is 4.90 Å². The number of anilines is 2. The highest BCUT2D eigenvalue weighted by molar-refractivity contribution is 7.99. The first-order valence-electron chi connectivity index (χ1n) is 9.43. The van der Waals surface area contributed by atoms with E-state index in [9.17, 15) is 0 Å². The van der Waals surface area contributed by atoms with Crippen LogP contribution in [0, 0.1) is 0 Å². The normalized spacial score (nSPS) is 17.8. The van der Waals surface area contributed by atoms with Crippen molar-refractivity contribution in [3.05, 3.63) is 48.5 Å². The van der Waals surface area contributed by atoms with Crippen molar-refractivity contribution in [1.82, 2.24) is 4.90 Å². The molecule has 0 saturated carbocycles. The summed E-state index contributed by atoms with van der Waals surface area (Å²) in [6.07, 6.45) is 2.43. The van der Waals surface area contributed by atoms with Crippen LogP contribution in [0.4, 0.5) is 11.4 Å². The Balaban J connectivity index is 1.41. The summed E-state index contributed by atoms with van der Waals surface area (Å²) in [4.78, 5) is 7.67. The molecule has 0 aliphatic carbocycles. The van der Waals surface area contributed by atoms with Crippen LogP contribution in [0.5, 0.6) is 0 Å². The molecule has 0 radical (unpaired) electrons. The number of aliphatic hydroxyl groups is 1. The molecule has 4 nitrogen and oxygen atoms in total. The summed E-state index contributed by atoms with van der Waals surface area (Å²) < 4.78 is 5.68. The van der Waals surface area contributed by atoms with Crippen LogP contribution in [-0.4, -0.2) is 55.5 Å². The summed E-state index contributed by atoms with van der Waals surface area (Å²) in [6.45, 7) is 4.77. The van der Waals surface area contributed by atoms with E-state index in [2.05, 4.69) is 58.3 Å². The number of para-hydroxylation sites is 2. The van der Waals surface area contributed by atoms with E-state index in [0.29, 0.717) is 12.7 Å². The van der Waals surface area contributed by atoms with Gasteiger partial charge in [0, 0.05) is 36.0 Å². The molecule has 26 heavy (non-hydrogen) atoms. The lowest BCUT2D eigenvalue weighted by Crippen LogP contribution is -2.41. The number of likely N-dealkylation sites (tertiary alicyclic amines) is 1. The number of ether oxygens (including phenoxy) is 1. The second kappa shape index (κ2) is 8.44. The molecule has 4 rings (SSSR count). The van der Waals surface area contributed by atoms with Crippen LogP contribution >= 0.6 is 11.8 Å². The number of hydrogen-bond acceptors (Lipinski definition) is 5. The topological polar surface area (TPSA) is 35.9 Å². The van der Waals surface area contributed by atoms with Crippen molar-refractivity contribution in [2.75, 3.05) is 44.3 Å². The number of piperidine rings is 1. The van der Waals surface area contributed by atoms with E-state index in [-0.39, 0.29) is 6.61 Å². The van der Waals surface area contributed by atoms with Gasteiger partial charge in [-0.3, -0.25) is 0 Å². The monoisotopic (exact) mass is 370 g/mol. The highest BCUT2D eigenvalue weighted by Crippen LogP contribution is 2.47. The summed E-state index contributed by atoms with van der Waals surface area (Å²) in [5.41, 5.74) is 2.63. The Morgan fingerprint density at radius 1 is 0.923 bits per heavy atom. The van der Waals surface area contributed by atoms with Crippen molar-refractivity contribution in [1.29, 1.82) is 0 Å². The molecule has 0 amide bonds. The molecule has 0 bridgehead atoms. The zero-order valence-electron chi connectivity index (χ0n) is 15.0. The quantitative estimate of drug-likeness (QED) is 0.838. The Bertz CT molecular complexity index is 686. The van der Waals surface area contributed by atoms with E-state index in [1.165, 1.54) is 21.2 Å². The smallest absolute Gasteiger partial charge is 0.0701 e. The van der Waals surface area contributed by atoms with Crippen LogP contribution in [0.3, 0.4) is 0 Å². The van der Waals surface area contributed by atoms with Crippen molar-refractivity contribution >= 4 is 23.1 Å². The van der Waals surface area contributed by atoms with Crippen LogP contribution in [0.15, 0.2) is 58.3 Å². The van der Waals surface area contributed by atoms with E-state index in [1.807, 2.05) is 11.8 Å². The fourth-order valence-corrected chi connectivity index (χ4v) is 4.88. The number of fused-ring (bicyclic) bond motifs is 2. The number of hydrogen-bond donors (Lipinski definition) is 1. The highest BCUT2D eigenvalue weighted by atomic mass is 32.2. The van der Waals surface area contributed by atoms with E-state index in [0.717, 1.165) is 39.0 Å². The Hall–Kier alpha value is -1.53. The van der Waals surface area contributed by atoms with Gasteiger partial charge >= 0.3 is 0 Å². The molecule has 0 unspecified atom stereocenters. The molecule has 1 saturated heterocycles. The summed E-state index contributed by atoms with van der Waals surface area (Å²) in [6, 6.07) is 17.4. The molecule has 2 aromatic carbocycles. The zero-order valence-corrected chi connectivity index (χ0v) is 15.8. The van der Waals surface area contributed by atoms with Gasteiger partial charge in [-0.25, -0.2) is 0 Å². The Morgan fingerprint density at radius 3 is 2.15 bits per heavy atom. The van der Waals surface area contributed by atoms with E-state index < -0.39 is 0 Å². The van der Waals surface area contributed by atoms with Crippen molar-refractivity contribution in [2.24, 2.45) is 0 Å².